The number of allylic oxidation sites excluding steroid dienone is 1. The van der Waals surface area contributed by atoms with E-state index in [-0.39, 0.29) is 11.9 Å². The summed E-state index contributed by atoms with van der Waals surface area (Å²) in [6.45, 7) is 0. The predicted octanol–water partition coefficient (Wildman–Crippen LogP) is 4.83. The molecule has 1 aliphatic heterocycles. The fourth-order valence-electron chi connectivity index (χ4n) is 5.49. The predicted molar refractivity (Wildman–Crippen MR) is 124 cm³/mol. The highest BCUT2D eigenvalue weighted by atomic mass is 35.5. The molecule has 32 heavy (non-hydrogen) atoms. The van der Waals surface area contributed by atoms with Gasteiger partial charge in [-0.3, -0.25) is 14.9 Å². The number of nitrogens with one attached hydrogen (secondary N) is 2. The van der Waals surface area contributed by atoms with E-state index in [1.165, 1.54) is 0 Å². The fraction of sp³-hybridized carbons (Fsp3) is 0.120. The van der Waals surface area contributed by atoms with Crippen LogP contribution >= 0.6 is 11.6 Å². The van der Waals surface area contributed by atoms with E-state index in [4.69, 9.17) is 11.6 Å². The van der Waals surface area contributed by atoms with Crippen LogP contribution in [0.1, 0.15) is 33.2 Å². The number of amides is 2. The van der Waals surface area contributed by atoms with Crippen LogP contribution in [0.15, 0.2) is 54.6 Å². The number of nitrogens with zero attached hydrogens (tertiary/aromatic N) is 1. The number of benzene rings is 3. The number of fused-ring (bicyclic) bond motifs is 10. The minimum Gasteiger partial charge on any atom is -0.389 e. The average molecular weight is 442 g/mol. The molecule has 2 atom stereocenters. The van der Waals surface area contributed by atoms with E-state index in [0.717, 1.165) is 43.6 Å². The number of aromatic amines is 1. The van der Waals surface area contributed by atoms with Gasteiger partial charge in [-0.05, 0) is 18.2 Å². The van der Waals surface area contributed by atoms with Gasteiger partial charge in [0.05, 0.1) is 39.8 Å². The third kappa shape index (κ3) is 2.13. The Morgan fingerprint density at radius 1 is 0.969 bits per heavy atom. The Hall–Kier alpha value is -3.61. The Bertz CT molecular complexity index is 1710. The van der Waals surface area contributed by atoms with E-state index in [0.29, 0.717) is 22.6 Å². The summed E-state index contributed by atoms with van der Waals surface area (Å²) >= 11 is 6.38. The van der Waals surface area contributed by atoms with E-state index < -0.39 is 12.0 Å². The van der Waals surface area contributed by atoms with Gasteiger partial charge in [0.15, 0.2) is 0 Å². The van der Waals surface area contributed by atoms with Crippen molar-refractivity contribution in [3.63, 3.8) is 0 Å². The Morgan fingerprint density at radius 3 is 2.53 bits per heavy atom. The molecule has 0 bridgehead atoms. The molecule has 0 radical (unpaired) electrons. The number of aromatic nitrogens is 2. The highest BCUT2D eigenvalue weighted by Gasteiger charge is 2.36. The SMILES string of the molecule is O=C1NC(=O)c2c1c1c3ccccc3[nH]c1c1c2c2ccc(Cl)cc2n1C1C=C[C@@H](O)C1. The molecule has 7 rings (SSSR count). The molecule has 156 valence electrons. The molecule has 1 unspecified atom stereocenters. The molecule has 0 saturated heterocycles. The number of rotatable bonds is 1. The maximum atomic E-state index is 13.1. The maximum absolute atomic E-state index is 13.1. The number of aliphatic hydroxyl groups excluding tert-OH is 1. The van der Waals surface area contributed by atoms with E-state index in [1.54, 1.807) is 12.1 Å². The molecular weight excluding hydrogens is 426 g/mol. The van der Waals surface area contributed by atoms with E-state index in [2.05, 4.69) is 14.9 Å². The first-order valence-corrected chi connectivity index (χ1v) is 10.8. The van der Waals surface area contributed by atoms with Crippen molar-refractivity contribution >= 4 is 67.0 Å². The Kier molecular flexibility index (Phi) is 3.38. The topological polar surface area (TPSA) is 87.1 Å². The van der Waals surface area contributed by atoms with Crippen LogP contribution in [0.2, 0.25) is 5.02 Å². The zero-order valence-corrected chi connectivity index (χ0v) is 17.4. The summed E-state index contributed by atoms with van der Waals surface area (Å²) in [7, 11) is 0. The molecule has 3 N–H and O–H groups in total. The van der Waals surface area contributed by atoms with Gasteiger partial charge >= 0.3 is 0 Å². The summed E-state index contributed by atoms with van der Waals surface area (Å²) in [5.41, 5.74) is 4.19. The van der Waals surface area contributed by atoms with Crippen molar-refractivity contribution in [3.8, 4) is 0 Å². The number of hydrogen-bond donors (Lipinski definition) is 3. The zero-order chi connectivity index (χ0) is 21.7. The molecule has 1 aliphatic carbocycles. The normalized spacial score (nSPS) is 20.3. The molecule has 7 heteroatoms. The van der Waals surface area contributed by atoms with E-state index in [1.807, 2.05) is 42.5 Å². The minimum atomic E-state index is -0.538. The lowest BCUT2D eigenvalue weighted by atomic mass is 9.96. The third-order valence-corrected chi connectivity index (χ3v) is 6.95. The minimum absolute atomic E-state index is 0.115. The monoisotopic (exact) mass is 441 g/mol. The fourth-order valence-corrected chi connectivity index (χ4v) is 5.66. The maximum Gasteiger partial charge on any atom is 0.259 e. The molecule has 2 aliphatic rings. The van der Waals surface area contributed by atoms with Crippen LogP contribution in [0, 0.1) is 0 Å². The number of halogens is 1. The standard InChI is InChI=1S/C25H16ClN3O3/c26-11-5-8-15-17(9-11)29(12-6-7-13(30)10-12)23-19(15)21-20(24(31)28-25(21)32)18-14-3-1-2-4-16(14)27-22(18)23/h1-9,12-13,27,30H,10H2,(H,28,31,32)/t12?,13-/m1/s1. The summed E-state index contributed by atoms with van der Waals surface area (Å²) in [5, 5.41) is 16.5. The van der Waals surface area contributed by atoms with Crippen molar-refractivity contribution in [2.24, 2.45) is 0 Å². The van der Waals surface area contributed by atoms with Gasteiger partial charge in [-0.2, -0.15) is 0 Å². The van der Waals surface area contributed by atoms with E-state index >= 15 is 0 Å². The van der Waals surface area contributed by atoms with Gasteiger partial charge in [-0.15, -0.1) is 0 Å². The number of carbonyl (C=O) groups is 2. The van der Waals surface area contributed by atoms with Crippen molar-refractivity contribution in [2.75, 3.05) is 0 Å². The van der Waals surface area contributed by atoms with Crippen LogP contribution in [0.3, 0.4) is 0 Å². The van der Waals surface area contributed by atoms with Gasteiger partial charge < -0.3 is 14.7 Å². The van der Waals surface area contributed by atoms with Gasteiger partial charge in [0.2, 0.25) is 0 Å². The molecule has 0 saturated carbocycles. The van der Waals surface area contributed by atoms with Crippen LogP contribution in [-0.4, -0.2) is 32.6 Å². The van der Waals surface area contributed by atoms with E-state index in [9.17, 15) is 14.7 Å². The number of imide groups is 1. The van der Waals surface area contributed by atoms with Crippen LogP contribution in [-0.2, 0) is 0 Å². The second kappa shape index (κ2) is 6.00. The summed E-state index contributed by atoms with van der Waals surface area (Å²) in [4.78, 5) is 29.5. The molecule has 5 aromatic rings. The molecular formula is C25H16ClN3O3. The average Bonchev–Trinajstić information content (AvgIpc) is 3.50. The Balaban J connectivity index is 1.81. The number of hydrogen-bond acceptors (Lipinski definition) is 3. The number of aliphatic hydroxyl groups is 1. The van der Waals surface area contributed by atoms with Crippen LogP contribution in [0.4, 0.5) is 0 Å². The van der Waals surface area contributed by atoms with Crippen molar-refractivity contribution < 1.29 is 14.7 Å². The highest BCUT2D eigenvalue weighted by molar-refractivity contribution is 6.39. The summed E-state index contributed by atoms with van der Waals surface area (Å²) < 4.78 is 2.14. The summed E-state index contributed by atoms with van der Waals surface area (Å²) in [5.74, 6) is -0.772. The van der Waals surface area contributed by atoms with Crippen molar-refractivity contribution in [2.45, 2.75) is 18.6 Å². The van der Waals surface area contributed by atoms with Crippen molar-refractivity contribution in [3.05, 3.63) is 70.8 Å². The third-order valence-electron chi connectivity index (χ3n) is 6.71. The van der Waals surface area contributed by atoms with Gasteiger partial charge in [-0.25, -0.2) is 0 Å². The Labute approximate surface area is 186 Å². The van der Waals surface area contributed by atoms with Gasteiger partial charge in [0.25, 0.3) is 11.8 Å². The first-order valence-electron chi connectivity index (χ1n) is 10.4. The second-order valence-corrected chi connectivity index (χ2v) is 8.90. The second-order valence-electron chi connectivity index (χ2n) is 8.46. The lowest BCUT2D eigenvalue weighted by molar-refractivity contribution is 0.0880. The summed E-state index contributed by atoms with van der Waals surface area (Å²) in [6, 6.07) is 13.2. The molecule has 3 heterocycles. The molecule has 3 aromatic carbocycles. The van der Waals surface area contributed by atoms with Gasteiger partial charge in [0.1, 0.15) is 0 Å². The number of carbonyl (C=O) groups excluding carboxylic acids is 2. The quantitative estimate of drug-likeness (QED) is 0.257. The smallest absolute Gasteiger partial charge is 0.259 e. The van der Waals surface area contributed by atoms with Gasteiger partial charge in [-0.1, -0.05) is 48.0 Å². The molecule has 2 amide bonds. The molecule has 6 nitrogen and oxygen atoms in total. The molecule has 2 aromatic heterocycles. The first kappa shape index (κ1) is 18.0. The van der Waals surface area contributed by atoms with Crippen molar-refractivity contribution in [1.82, 2.24) is 14.9 Å². The molecule has 0 fully saturated rings. The van der Waals surface area contributed by atoms with Crippen LogP contribution in [0.5, 0.6) is 0 Å². The lowest BCUT2D eigenvalue weighted by Gasteiger charge is -2.16. The Morgan fingerprint density at radius 2 is 1.75 bits per heavy atom. The highest BCUT2D eigenvalue weighted by Crippen LogP contribution is 2.46. The summed E-state index contributed by atoms with van der Waals surface area (Å²) in [6.07, 6.45) is 3.76. The zero-order valence-electron chi connectivity index (χ0n) is 16.6. The van der Waals surface area contributed by atoms with Crippen molar-refractivity contribution in [1.29, 1.82) is 0 Å². The lowest BCUT2D eigenvalue weighted by Crippen LogP contribution is -2.20. The van der Waals surface area contributed by atoms with Gasteiger partial charge in [0, 0.05) is 38.5 Å². The van der Waals surface area contributed by atoms with Crippen LogP contribution < -0.4 is 5.32 Å². The number of para-hydroxylation sites is 1. The van der Waals surface area contributed by atoms with Crippen LogP contribution in [0.25, 0.3) is 43.6 Å². The number of H-pyrrole nitrogens is 1. The largest absolute Gasteiger partial charge is 0.389 e. The molecule has 0 spiro atoms. The first-order chi connectivity index (χ1) is 15.5.